The molecule has 0 unspecified atom stereocenters. The van der Waals surface area contributed by atoms with Crippen LogP contribution in [0, 0.1) is 11.7 Å². The van der Waals surface area contributed by atoms with Gasteiger partial charge in [0.05, 0.1) is 23.6 Å². The number of nitrogens with one attached hydrogen (secondary N) is 1. The fourth-order valence-electron chi connectivity index (χ4n) is 3.51. The highest BCUT2D eigenvalue weighted by Gasteiger charge is 2.25. The van der Waals surface area contributed by atoms with Gasteiger partial charge in [-0.05, 0) is 48.6 Å². The number of carbonyl (C=O) groups is 2. The van der Waals surface area contributed by atoms with Gasteiger partial charge in [0.1, 0.15) is 5.82 Å². The molecule has 8 nitrogen and oxygen atoms in total. The molecule has 186 valence electrons. The Morgan fingerprint density at radius 1 is 1.18 bits per heavy atom. The Balaban J connectivity index is 2.46. The molecule has 9 heteroatoms. The maximum Gasteiger partial charge on any atom is 0.272 e. The third-order valence-corrected chi connectivity index (χ3v) is 5.22. The van der Waals surface area contributed by atoms with Gasteiger partial charge >= 0.3 is 0 Å². The van der Waals surface area contributed by atoms with Gasteiger partial charge in [0, 0.05) is 30.9 Å². The van der Waals surface area contributed by atoms with Crippen LogP contribution in [0.2, 0.25) is 0 Å². The first kappa shape index (κ1) is 27.2. The number of hydrogen-bond donors (Lipinski definition) is 3. The van der Waals surface area contributed by atoms with E-state index in [1.165, 1.54) is 35.0 Å². The summed E-state index contributed by atoms with van der Waals surface area (Å²) in [5.41, 5.74) is 1.92. The van der Waals surface area contributed by atoms with Gasteiger partial charge in [0.25, 0.3) is 5.91 Å². The molecule has 1 aromatic carbocycles. The molecule has 0 fully saturated rings. The first-order valence-corrected chi connectivity index (χ1v) is 11.4. The Kier molecular flexibility index (Phi) is 9.95. The molecule has 0 aliphatic rings. The SMILES string of the molecule is CC(C)CCNC(=O)c1nn(-c2ccc(F)cc2)c(/C=C/[C@@H](O)C[C@@H](O)CC(=O)[O-])c1C(C)C. The third kappa shape index (κ3) is 7.78. The van der Waals surface area contributed by atoms with Crippen LogP contribution in [0.5, 0.6) is 0 Å². The lowest BCUT2D eigenvalue weighted by molar-refractivity contribution is -0.307. The van der Waals surface area contributed by atoms with E-state index in [1.807, 2.05) is 13.8 Å². The lowest BCUT2D eigenvalue weighted by atomic mass is 9.98. The van der Waals surface area contributed by atoms with E-state index in [-0.39, 0.29) is 23.9 Å². The summed E-state index contributed by atoms with van der Waals surface area (Å²) in [6.45, 7) is 8.44. The molecule has 0 bridgehead atoms. The molecule has 2 rings (SSSR count). The minimum Gasteiger partial charge on any atom is -0.550 e. The number of rotatable bonds is 12. The number of aromatic nitrogens is 2. The van der Waals surface area contributed by atoms with E-state index < -0.39 is 30.4 Å². The number of nitrogens with zero attached hydrogens (tertiary/aromatic N) is 2. The van der Waals surface area contributed by atoms with E-state index in [1.54, 1.807) is 6.08 Å². The molecule has 0 spiro atoms. The van der Waals surface area contributed by atoms with Crippen LogP contribution >= 0.6 is 0 Å². The molecule has 0 aliphatic heterocycles. The zero-order valence-corrected chi connectivity index (χ0v) is 20.0. The molecule has 2 aromatic rings. The zero-order chi connectivity index (χ0) is 25.4. The highest BCUT2D eigenvalue weighted by atomic mass is 19.1. The average Bonchev–Trinajstić information content (AvgIpc) is 3.11. The molecule has 0 saturated carbocycles. The van der Waals surface area contributed by atoms with Crippen LogP contribution in [0.25, 0.3) is 11.8 Å². The molecule has 3 N–H and O–H groups in total. The summed E-state index contributed by atoms with van der Waals surface area (Å²) in [6.07, 6.45) is 0.599. The summed E-state index contributed by atoms with van der Waals surface area (Å²) in [7, 11) is 0. The summed E-state index contributed by atoms with van der Waals surface area (Å²) in [4.78, 5) is 23.6. The van der Waals surface area contributed by atoms with E-state index in [0.717, 1.165) is 6.42 Å². The van der Waals surface area contributed by atoms with Crippen LogP contribution in [-0.2, 0) is 4.79 Å². The van der Waals surface area contributed by atoms with Crippen LogP contribution in [0.4, 0.5) is 4.39 Å². The molecule has 1 aromatic heterocycles. The molecule has 34 heavy (non-hydrogen) atoms. The summed E-state index contributed by atoms with van der Waals surface area (Å²) < 4.78 is 15.0. The van der Waals surface area contributed by atoms with Gasteiger partial charge in [-0.15, -0.1) is 0 Å². The number of hydrogen-bond acceptors (Lipinski definition) is 6. The zero-order valence-electron chi connectivity index (χ0n) is 20.0. The number of aliphatic carboxylic acids is 1. The van der Waals surface area contributed by atoms with E-state index in [2.05, 4.69) is 24.3 Å². The molecule has 1 heterocycles. The number of aliphatic hydroxyl groups is 2. The van der Waals surface area contributed by atoms with Crippen molar-refractivity contribution in [3.05, 3.63) is 53.1 Å². The van der Waals surface area contributed by atoms with E-state index in [9.17, 15) is 29.3 Å². The monoisotopic (exact) mass is 474 g/mol. The normalized spacial score (nSPS) is 13.6. The Morgan fingerprint density at radius 2 is 1.82 bits per heavy atom. The van der Waals surface area contributed by atoms with Crippen molar-refractivity contribution < 1.29 is 29.3 Å². The van der Waals surface area contributed by atoms with Crippen molar-refractivity contribution in [1.29, 1.82) is 0 Å². The molecule has 0 radical (unpaired) electrons. The first-order valence-electron chi connectivity index (χ1n) is 11.4. The number of halogens is 1. The highest BCUT2D eigenvalue weighted by Crippen LogP contribution is 2.28. The maximum absolute atomic E-state index is 13.5. The first-order chi connectivity index (χ1) is 16.0. The Morgan fingerprint density at radius 3 is 2.38 bits per heavy atom. The predicted octanol–water partition coefficient (Wildman–Crippen LogP) is 2.18. The topological polar surface area (TPSA) is 128 Å². The number of carbonyl (C=O) groups excluding carboxylic acids is 2. The minimum atomic E-state index is -1.41. The standard InChI is InChI=1S/C25H34FN3O5/c1-15(2)11-12-27-25(34)24-23(16(3)4)21(10-9-19(30)13-20(31)14-22(32)33)29(28-24)18-7-5-17(26)6-8-18/h5-10,15-16,19-20,30-31H,11-14H2,1-4H3,(H,27,34)(H,32,33)/p-1/b10-9+/t19-,20-/m1/s1. The van der Waals surface area contributed by atoms with Gasteiger partial charge in [-0.2, -0.15) is 5.10 Å². The van der Waals surface area contributed by atoms with Gasteiger partial charge in [0.15, 0.2) is 5.69 Å². The molecule has 0 saturated heterocycles. The lowest BCUT2D eigenvalue weighted by Gasteiger charge is -2.14. The number of aliphatic hydroxyl groups excluding tert-OH is 2. The summed E-state index contributed by atoms with van der Waals surface area (Å²) in [5, 5.41) is 38.1. The van der Waals surface area contributed by atoms with Crippen LogP contribution < -0.4 is 10.4 Å². The molecule has 1 amide bonds. The second-order valence-corrected chi connectivity index (χ2v) is 9.02. The number of amides is 1. The van der Waals surface area contributed by atoms with Crippen LogP contribution in [0.1, 0.15) is 74.6 Å². The van der Waals surface area contributed by atoms with Crippen molar-refractivity contribution in [2.75, 3.05) is 6.54 Å². The van der Waals surface area contributed by atoms with Gasteiger partial charge in [-0.3, -0.25) is 4.79 Å². The second kappa shape index (κ2) is 12.4. The van der Waals surface area contributed by atoms with Crippen molar-refractivity contribution in [3.8, 4) is 5.69 Å². The highest BCUT2D eigenvalue weighted by molar-refractivity contribution is 5.95. The summed E-state index contributed by atoms with van der Waals surface area (Å²) in [5.74, 6) is -1.84. The van der Waals surface area contributed by atoms with Gasteiger partial charge in [-0.1, -0.05) is 33.8 Å². The molecule has 0 aliphatic carbocycles. The second-order valence-electron chi connectivity index (χ2n) is 9.02. The minimum absolute atomic E-state index is 0.111. The molecular formula is C25H33FN3O5-. The fraction of sp³-hybridized carbons (Fsp3) is 0.480. The summed E-state index contributed by atoms with van der Waals surface area (Å²) >= 11 is 0. The quantitative estimate of drug-likeness (QED) is 0.433. The van der Waals surface area contributed by atoms with Crippen LogP contribution in [0.3, 0.4) is 0 Å². The third-order valence-electron chi connectivity index (χ3n) is 5.22. The van der Waals surface area contributed by atoms with Gasteiger partial charge in [0.2, 0.25) is 0 Å². The fourth-order valence-corrected chi connectivity index (χ4v) is 3.51. The van der Waals surface area contributed by atoms with Crippen molar-refractivity contribution in [2.24, 2.45) is 5.92 Å². The van der Waals surface area contributed by atoms with Crippen molar-refractivity contribution in [3.63, 3.8) is 0 Å². The van der Waals surface area contributed by atoms with Crippen molar-refractivity contribution in [1.82, 2.24) is 15.1 Å². The molecular weight excluding hydrogens is 441 g/mol. The van der Waals surface area contributed by atoms with Gasteiger partial charge in [-0.25, -0.2) is 9.07 Å². The van der Waals surface area contributed by atoms with Gasteiger partial charge < -0.3 is 25.4 Å². The Labute approximate surface area is 199 Å². The van der Waals surface area contributed by atoms with Crippen molar-refractivity contribution in [2.45, 2.75) is 65.1 Å². The van der Waals surface area contributed by atoms with Crippen LogP contribution in [0.15, 0.2) is 30.3 Å². The van der Waals surface area contributed by atoms with Crippen LogP contribution in [-0.4, -0.2) is 50.6 Å². The lowest BCUT2D eigenvalue weighted by Crippen LogP contribution is -2.29. The Bertz CT molecular complexity index is 999. The number of carboxylic acid groups (broad SMARTS) is 1. The summed E-state index contributed by atoms with van der Waals surface area (Å²) in [6, 6.07) is 5.63. The Hall–Kier alpha value is -3.04. The van der Waals surface area contributed by atoms with E-state index >= 15 is 0 Å². The smallest absolute Gasteiger partial charge is 0.272 e. The maximum atomic E-state index is 13.5. The average molecular weight is 475 g/mol. The largest absolute Gasteiger partial charge is 0.550 e. The van der Waals surface area contributed by atoms with E-state index in [4.69, 9.17) is 0 Å². The van der Waals surface area contributed by atoms with E-state index in [0.29, 0.717) is 29.4 Å². The van der Waals surface area contributed by atoms with Crippen molar-refractivity contribution >= 4 is 18.0 Å². The predicted molar refractivity (Wildman–Crippen MR) is 125 cm³/mol. The number of benzene rings is 1. The number of carboxylic acids is 1. The molecule has 2 atom stereocenters.